The first-order valence-electron chi connectivity index (χ1n) is 7.99. The van der Waals surface area contributed by atoms with Gasteiger partial charge in [0.15, 0.2) is 0 Å². The molecule has 0 aliphatic carbocycles. The topological polar surface area (TPSA) is 63.6 Å². The monoisotopic (exact) mass is 412 g/mol. The fourth-order valence-electron chi connectivity index (χ4n) is 2.21. The molecular formula is C19H18Cl2O4S. The van der Waals surface area contributed by atoms with Gasteiger partial charge in [-0.3, -0.25) is 0 Å². The summed E-state index contributed by atoms with van der Waals surface area (Å²) < 4.78 is 5.25. The summed E-state index contributed by atoms with van der Waals surface area (Å²) in [5.41, 5.74) is 0.816. The number of benzene rings is 2. The quantitative estimate of drug-likeness (QED) is 0.678. The van der Waals surface area contributed by atoms with Gasteiger partial charge in [-0.25, -0.2) is 9.59 Å². The van der Waals surface area contributed by atoms with E-state index in [1.165, 1.54) is 24.3 Å². The van der Waals surface area contributed by atoms with Gasteiger partial charge in [0.25, 0.3) is 0 Å². The highest BCUT2D eigenvalue weighted by Crippen LogP contribution is 2.26. The summed E-state index contributed by atoms with van der Waals surface area (Å²) in [4.78, 5) is 21.9. The molecule has 1 aliphatic rings. The molecule has 0 bridgehead atoms. The van der Waals surface area contributed by atoms with Gasteiger partial charge < -0.3 is 9.84 Å². The molecular weight excluding hydrogens is 395 g/mol. The predicted molar refractivity (Wildman–Crippen MR) is 106 cm³/mol. The van der Waals surface area contributed by atoms with E-state index in [-0.39, 0.29) is 11.5 Å². The fraction of sp³-hybridized carbons (Fsp3) is 0.263. The molecule has 2 aromatic rings. The van der Waals surface area contributed by atoms with Gasteiger partial charge in [0, 0.05) is 15.3 Å². The Morgan fingerprint density at radius 3 is 2.00 bits per heavy atom. The van der Waals surface area contributed by atoms with E-state index < -0.39 is 5.97 Å². The summed E-state index contributed by atoms with van der Waals surface area (Å²) in [6.45, 7) is 0.520. The highest BCUT2D eigenvalue weighted by Gasteiger charge is 2.17. The standard InChI is InChI=1S/C12H13ClO2S.C7H5ClO2/c13-10-5-3-9(4-6-10)12(14)15-8-11-2-1-7-16-11;8-6-3-1-5(2-4-6)7(9)10/h3-6,11H,1-2,7-8H2;1-4H,(H,9,10)/t11-;/m1./s1. The molecule has 4 nitrogen and oxygen atoms in total. The molecule has 3 rings (SSSR count). The van der Waals surface area contributed by atoms with Crippen LogP contribution in [0, 0.1) is 0 Å². The lowest BCUT2D eigenvalue weighted by Gasteiger charge is -2.09. The molecule has 0 amide bonds. The average molecular weight is 413 g/mol. The van der Waals surface area contributed by atoms with Crippen molar-refractivity contribution in [3.8, 4) is 0 Å². The number of carbonyl (C=O) groups excluding carboxylic acids is 1. The summed E-state index contributed by atoms with van der Waals surface area (Å²) in [7, 11) is 0. The van der Waals surface area contributed by atoms with Gasteiger partial charge >= 0.3 is 11.9 Å². The van der Waals surface area contributed by atoms with Crippen LogP contribution in [-0.4, -0.2) is 34.7 Å². The van der Waals surface area contributed by atoms with Crippen LogP contribution in [0.4, 0.5) is 0 Å². The lowest BCUT2D eigenvalue weighted by atomic mass is 10.2. The number of halogens is 2. The normalized spacial score (nSPS) is 15.7. The number of thioether (sulfide) groups is 1. The third-order valence-electron chi connectivity index (χ3n) is 3.60. The second-order valence-electron chi connectivity index (χ2n) is 5.55. The average Bonchev–Trinajstić information content (AvgIpc) is 3.15. The molecule has 0 unspecified atom stereocenters. The molecule has 0 spiro atoms. The molecule has 1 saturated heterocycles. The van der Waals surface area contributed by atoms with Crippen LogP contribution in [0.15, 0.2) is 48.5 Å². The summed E-state index contributed by atoms with van der Waals surface area (Å²) in [5, 5.41) is 10.1. The maximum atomic E-state index is 11.6. The van der Waals surface area contributed by atoms with E-state index in [1.807, 2.05) is 11.8 Å². The minimum absolute atomic E-state index is 0.254. The predicted octanol–water partition coefficient (Wildman–Crippen LogP) is 5.43. The van der Waals surface area contributed by atoms with E-state index in [4.69, 9.17) is 33.0 Å². The van der Waals surface area contributed by atoms with Gasteiger partial charge in [0.2, 0.25) is 0 Å². The minimum Gasteiger partial charge on any atom is -0.478 e. The Balaban J connectivity index is 0.000000209. The van der Waals surface area contributed by atoms with Crippen LogP contribution >= 0.6 is 35.0 Å². The lowest BCUT2D eigenvalue weighted by molar-refractivity contribution is 0.0505. The number of rotatable bonds is 4. The first kappa shape index (κ1) is 20.6. The van der Waals surface area contributed by atoms with Gasteiger partial charge in [0.1, 0.15) is 6.61 Å². The Morgan fingerprint density at radius 1 is 1.00 bits per heavy atom. The number of aromatic carboxylic acids is 1. The highest BCUT2D eigenvalue weighted by atomic mass is 35.5. The van der Waals surface area contributed by atoms with Gasteiger partial charge in [-0.05, 0) is 67.1 Å². The zero-order valence-electron chi connectivity index (χ0n) is 13.9. The van der Waals surface area contributed by atoms with Crippen LogP contribution in [0.1, 0.15) is 33.6 Å². The molecule has 1 N–H and O–H groups in total. The third-order valence-corrected chi connectivity index (χ3v) is 5.47. The Kier molecular flexibility index (Phi) is 8.29. The van der Waals surface area contributed by atoms with Crippen LogP contribution in [0.2, 0.25) is 10.0 Å². The number of hydrogen-bond acceptors (Lipinski definition) is 4. The van der Waals surface area contributed by atoms with Crippen molar-refractivity contribution in [3.05, 3.63) is 69.7 Å². The van der Waals surface area contributed by atoms with E-state index >= 15 is 0 Å². The highest BCUT2D eigenvalue weighted by molar-refractivity contribution is 8.00. The summed E-state index contributed by atoms with van der Waals surface area (Å²) >= 11 is 13.1. The Labute approximate surface area is 166 Å². The van der Waals surface area contributed by atoms with Crippen molar-refractivity contribution in [2.45, 2.75) is 18.1 Å². The molecule has 1 atom stereocenters. The summed E-state index contributed by atoms with van der Waals surface area (Å²) in [5.74, 6) is -0.00998. The lowest BCUT2D eigenvalue weighted by Crippen LogP contribution is -2.13. The largest absolute Gasteiger partial charge is 0.478 e. The van der Waals surface area contributed by atoms with Crippen LogP contribution < -0.4 is 0 Å². The van der Waals surface area contributed by atoms with Crippen molar-refractivity contribution >= 4 is 46.9 Å². The maximum absolute atomic E-state index is 11.6. The van der Waals surface area contributed by atoms with Crippen molar-refractivity contribution in [1.82, 2.24) is 0 Å². The van der Waals surface area contributed by atoms with Crippen LogP contribution in [-0.2, 0) is 4.74 Å². The van der Waals surface area contributed by atoms with Crippen molar-refractivity contribution in [2.24, 2.45) is 0 Å². The van der Waals surface area contributed by atoms with E-state index in [0.29, 0.717) is 27.5 Å². The molecule has 138 valence electrons. The number of carbonyl (C=O) groups is 2. The van der Waals surface area contributed by atoms with Crippen LogP contribution in [0.25, 0.3) is 0 Å². The molecule has 26 heavy (non-hydrogen) atoms. The maximum Gasteiger partial charge on any atom is 0.338 e. The summed E-state index contributed by atoms with van der Waals surface area (Å²) in [6, 6.07) is 12.8. The second-order valence-corrected chi connectivity index (χ2v) is 7.83. The van der Waals surface area contributed by atoms with E-state index in [1.54, 1.807) is 36.4 Å². The zero-order chi connectivity index (χ0) is 18.9. The zero-order valence-corrected chi connectivity index (χ0v) is 16.2. The van der Waals surface area contributed by atoms with E-state index in [0.717, 1.165) is 6.42 Å². The molecule has 2 aromatic carbocycles. The van der Waals surface area contributed by atoms with Gasteiger partial charge in [-0.1, -0.05) is 23.2 Å². The van der Waals surface area contributed by atoms with E-state index in [2.05, 4.69) is 0 Å². The molecule has 1 fully saturated rings. The minimum atomic E-state index is -0.934. The van der Waals surface area contributed by atoms with Crippen LogP contribution in [0.5, 0.6) is 0 Å². The van der Waals surface area contributed by atoms with Crippen molar-refractivity contribution in [1.29, 1.82) is 0 Å². The Hall–Kier alpha value is -1.69. The van der Waals surface area contributed by atoms with Crippen LogP contribution in [0.3, 0.4) is 0 Å². The SMILES string of the molecule is O=C(O)c1ccc(Cl)cc1.O=C(OC[C@H]1CCCS1)c1ccc(Cl)cc1. The molecule has 0 radical (unpaired) electrons. The van der Waals surface area contributed by atoms with E-state index in [9.17, 15) is 9.59 Å². The van der Waals surface area contributed by atoms with Crippen molar-refractivity contribution in [2.75, 3.05) is 12.4 Å². The van der Waals surface area contributed by atoms with Gasteiger partial charge in [-0.15, -0.1) is 0 Å². The smallest absolute Gasteiger partial charge is 0.338 e. The number of ether oxygens (including phenoxy) is 1. The van der Waals surface area contributed by atoms with Crippen molar-refractivity contribution in [3.63, 3.8) is 0 Å². The number of hydrogen-bond donors (Lipinski definition) is 1. The molecule has 1 heterocycles. The molecule has 7 heteroatoms. The molecule has 0 aromatic heterocycles. The Bertz CT molecular complexity index is 726. The third kappa shape index (κ3) is 6.90. The molecule has 1 aliphatic heterocycles. The second kappa shape index (κ2) is 10.5. The first-order chi connectivity index (χ1) is 12.5. The number of carboxylic acids is 1. The first-order valence-corrected chi connectivity index (χ1v) is 9.79. The Morgan fingerprint density at radius 2 is 1.54 bits per heavy atom. The van der Waals surface area contributed by atoms with Crippen molar-refractivity contribution < 1.29 is 19.4 Å². The summed E-state index contributed by atoms with van der Waals surface area (Å²) in [6.07, 6.45) is 2.38. The fourth-order valence-corrected chi connectivity index (χ4v) is 3.62. The van der Waals surface area contributed by atoms with Gasteiger partial charge in [-0.2, -0.15) is 11.8 Å². The number of esters is 1. The number of carboxylic acid groups (broad SMARTS) is 1. The van der Waals surface area contributed by atoms with Gasteiger partial charge in [0.05, 0.1) is 11.1 Å². The molecule has 0 saturated carbocycles.